The molecule has 2 aromatic heterocycles. The van der Waals surface area contributed by atoms with E-state index < -0.39 is 0 Å². The summed E-state index contributed by atoms with van der Waals surface area (Å²) < 4.78 is 16.3. The Bertz CT molecular complexity index is 714. The summed E-state index contributed by atoms with van der Waals surface area (Å²) in [5.74, 6) is 1.75. The van der Waals surface area contributed by atoms with Crippen LogP contribution in [0.1, 0.15) is 59.8 Å². The standard InChI is InChI=1S/C17H22N4O4/c22-16(13-6-5-12(24-13)11-21-7-1-2-8-21)18-10-15-19-17(25-20-15)14-4-3-9-23-14/h5-6,14H,1-4,7-11H2,(H,18,22)/t14-/m0/s1. The number of nitrogens with zero attached hydrogens (tertiary/aromatic N) is 3. The second-order valence-corrected chi connectivity index (χ2v) is 6.48. The summed E-state index contributed by atoms with van der Waals surface area (Å²) in [6, 6.07) is 3.56. The van der Waals surface area contributed by atoms with Gasteiger partial charge < -0.3 is 19.0 Å². The van der Waals surface area contributed by atoms with Gasteiger partial charge in [-0.1, -0.05) is 5.16 Å². The van der Waals surface area contributed by atoms with Crippen LogP contribution in [0.15, 0.2) is 21.1 Å². The summed E-state index contributed by atoms with van der Waals surface area (Å²) in [5.41, 5.74) is 0. The summed E-state index contributed by atoms with van der Waals surface area (Å²) in [6.45, 7) is 3.84. The number of aromatic nitrogens is 2. The van der Waals surface area contributed by atoms with Gasteiger partial charge in [0.15, 0.2) is 11.6 Å². The number of hydrogen-bond donors (Lipinski definition) is 1. The lowest BCUT2D eigenvalue weighted by molar-refractivity contribution is 0.0835. The van der Waals surface area contributed by atoms with Crippen molar-refractivity contribution in [2.75, 3.05) is 19.7 Å². The molecule has 2 aromatic rings. The second-order valence-electron chi connectivity index (χ2n) is 6.48. The molecule has 25 heavy (non-hydrogen) atoms. The van der Waals surface area contributed by atoms with E-state index in [4.69, 9.17) is 13.7 Å². The van der Waals surface area contributed by atoms with Gasteiger partial charge in [0.25, 0.3) is 11.8 Å². The molecule has 0 bridgehead atoms. The Labute approximate surface area is 145 Å². The molecule has 4 heterocycles. The number of carbonyl (C=O) groups excluding carboxylic acids is 1. The predicted molar refractivity (Wildman–Crippen MR) is 86.6 cm³/mol. The molecule has 0 aliphatic carbocycles. The van der Waals surface area contributed by atoms with Crippen molar-refractivity contribution in [1.29, 1.82) is 0 Å². The number of furan rings is 1. The summed E-state index contributed by atoms with van der Waals surface area (Å²) in [7, 11) is 0. The molecule has 134 valence electrons. The molecule has 1 N–H and O–H groups in total. The van der Waals surface area contributed by atoms with Gasteiger partial charge >= 0.3 is 0 Å². The first-order valence-corrected chi connectivity index (χ1v) is 8.81. The highest BCUT2D eigenvalue weighted by Gasteiger charge is 2.24. The van der Waals surface area contributed by atoms with Gasteiger partial charge in [-0.2, -0.15) is 4.98 Å². The maximum Gasteiger partial charge on any atom is 0.287 e. The van der Waals surface area contributed by atoms with E-state index in [-0.39, 0.29) is 18.6 Å². The number of amides is 1. The molecule has 8 heteroatoms. The molecule has 1 amide bonds. The normalized spacial score (nSPS) is 21.0. The zero-order chi connectivity index (χ0) is 17.1. The molecule has 0 spiro atoms. The molecule has 0 radical (unpaired) electrons. The monoisotopic (exact) mass is 346 g/mol. The SMILES string of the molecule is O=C(NCc1noc([C@@H]2CCCO2)n1)c1ccc(CN2CCCC2)o1. The van der Waals surface area contributed by atoms with Crippen molar-refractivity contribution < 1.29 is 18.5 Å². The number of hydrogen-bond acceptors (Lipinski definition) is 7. The van der Waals surface area contributed by atoms with E-state index in [1.54, 1.807) is 6.07 Å². The van der Waals surface area contributed by atoms with Crippen LogP contribution in [0.5, 0.6) is 0 Å². The second kappa shape index (κ2) is 7.37. The third-order valence-corrected chi connectivity index (χ3v) is 4.56. The van der Waals surface area contributed by atoms with E-state index >= 15 is 0 Å². The van der Waals surface area contributed by atoms with Crippen LogP contribution in [0.2, 0.25) is 0 Å². The number of rotatable bonds is 6. The van der Waals surface area contributed by atoms with E-state index in [0.717, 1.165) is 44.8 Å². The Morgan fingerprint density at radius 2 is 2.16 bits per heavy atom. The summed E-state index contributed by atoms with van der Waals surface area (Å²) in [4.78, 5) is 18.8. The van der Waals surface area contributed by atoms with Crippen molar-refractivity contribution in [3.05, 3.63) is 35.4 Å². The van der Waals surface area contributed by atoms with Gasteiger partial charge in [0, 0.05) is 6.61 Å². The summed E-state index contributed by atoms with van der Waals surface area (Å²) >= 11 is 0. The van der Waals surface area contributed by atoms with Gasteiger partial charge in [-0.05, 0) is 50.9 Å². The Morgan fingerprint density at radius 3 is 2.96 bits per heavy atom. The van der Waals surface area contributed by atoms with Crippen LogP contribution in [0, 0.1) is 0 Å². The van der Waals surface area contributed by atoms with Crippen molar-refractivity contribution in [3.63, 3.8) is 0 Å². The highest BCUT2D eigenvalue weighted by Crippen LogP contribution is 2.26. The number of likely N-dealkylation sites (tertiary alicyclic amines) is 1. The molecular formula is C17H22N4O4. The van der Waals surface area contributed by atoms with Crippen LogP contribution in [-0.2, 0) is 17.8 Å². The topological polar surface area (TPSA) is 93.6 Å². The van der Waals surface area contributed by atoms with Crippen LogP contribution in [-0.4, -0.2) is 40.6 Å². The maximum absolute atomic E-state index is 12.2. The lowest BCUT2D eigenvalue weighted by Gasteiger charge is -2.11. The van der Waals surface area contributed by atoms with Crippen molar-refractivity contribution in [2.24, 2.45) is 0 Å². The Balaban J connectivity index is 1.29. The lowest BCUT2D eigenvalue weighted by atomic mass is 10.2. The maximum atomic E-state index is 12.2. The van der Waals surface area contributed by atoms with Crippen LogP contribution in [0.25, 0.3) is 0 Å². The number of carbonyl (C=O) groups is 1. The largest absolute Gasteiger partial charge is 0.455 e. The molecule has 2 aliphatic heterocycles. The molecule has 0 unspecified atom stereocenters. The minimum absolute atomic E-state index is 0.116. The average molecular weight is 346 g/mol. The third-order valence-electron chi connectivity index (χ3n) is 4.56. The Kier molecular flexibility index (Phi) is 4.80. The minimum Gasteiger partial charge on any atom is -0.455 e. The van der Waals surface area contributed by atoms with Gasteiger partial charge in [0.05, 0.1) is 13.1 Å². The Morgan fingerprint density at radius 1 is 1.28 bits per heavy atom. The quantitative estimate of drug-likeness (QED) is 0.855. The first-order chi connectivity index (χ1) is 12.3. The van der Waals surface area contributed by atoms with E-state index in [9.17, 15) is 4.79 Å². The summed E-state index contributed by atoms with van der Waals surface area (Å²) in [5, 5.41) is 6.64. The van der Waals surface area contributed by atoms with Crippen molar-refractivity contribution >= 4 is 5.91 Å². The first kappa shape index (κ1) is 16.3. The molecular weight excluding hydrogens is 324 g/mol. The van der Waals surface area contributed by atoms with Gasteiger partial charge in [0.2, 0.25) is 0 Å². The summed E-state index contributed by atoms with van der Waals surface area (Å²) in [6.07, 6.45) is 4.23. The fraction of sp³-hybridized carbons (Fsp3) is 0.588. The lowest BCUT2D eigenvalue weighted by Crippen LogP contribution is -2.23. The molecule has 1 atom stereocenters. The van der Waals surface area contributed by atoms with E-state index in [0.29, 0.717) is 17.5 Å². The zero-order valence-electron chi connectivity index (χ0n) is 14.1. The first-order valence-electron chi connectivity index (χ1n) is 8.81. The molecule has 2 fully saturated rings. The highest BCUT2D eigenvalue weighted by atomic mass is 16.5. The highest BCUT2D eigenvalue weighted by molar-refractivity contribution is 5.91. The van der Waals surface area contributed by atoms with Crippen LogP contribution < -0.4 is 5.32 Å². The molecule has 2 aliphatic rings. The number of nitrogens with one attached hydrogen (secondary N) is 1. The fourth-order valence-corrected chi connectivity index (χ4v) is 3.23. The third kappa shape index (κ3) is 3.91. The van der Waals surface area contributed by atoms with Crippen LogP contribution >= 0.6 is 0 Å². The minimum atomic E-state index is -0.281. The smallest absolute Gasteiger partial charge is 0.287 e. The van der Waals surface area contributed by atoms with Crippen molar-refractivity contribution in [3.8, 4) is 0 Å². The van der Waals surface area contributed by atoms with E-state index in [2.05, 4.69) is 20.4 Å². The molecule has 8 nitrogen and oxygen atoms in total. The fourth-order valence-electron chi connectivity index (χ4n) is 3.23. The van der Waals surface area contributed by atoms with E-state index in [1.807, 2.05) is 6.07 Å². The van der Waals surface area contributed by atoms with E-state index in [1.165, 1.54) is 12.8 Å². The van der Waals surface area contributed by atoms with Crippen molar-refractivity contribution in [1.82, 2.24) is 20.4 Å². The zero-order valence-corrected chi connectivity index (χ0v) is 14.1. The Hall–Kier alpha value is -2.19. The van der Waals surface area contributed by atoms with Gasteiger partial charge in [-0.15, -0.1) is 0 Å². The molecule has 0 saturated carbocycles. The molecule has 4 rings (SSSR count). The van der Waals surface area contributed by atoms with Crippen LogP contribution in [0.4, 0.5) is 0 Å². The molecule has 2 saturated heterocycles. The van der Waals surface area contributed by atoms with Gasteiger partial charge in [0.1, 0.15) is 11.9 Å². The van der Waals surface area contributed by atoms with Crippen LogP contribution in [0.3, 0.4) is 0 Å². The number of ether oxygens (including phenoxy) is 1. The van der Waals surface area contributed by atoms with Gasteiger partial charge in [-0.3, -0.25) is 9.69 Å². The predicted octanol–water partition coefficient (Wildman–Crippen LogP) is 2.04. The van der Waals surface area contributed by atoms with Crippen molar-refractivity contribution in [2.45, 2.75) is 44.9 Å². The molecule has 0 aromatic carbocycles. The van der Waals surface area contributed by atoms with Gasteiger partial charge in [-0.25, -0.2) is 0 Å². The average Bonchev–Trinajstić information content (AvgIpc) is 3.39.